The summed E-state index contributed by atoms with van der Waals surface area (Å²) in [6.45, 7) is 1.87. The van der Waals surface area contributed by atoms with Gasteiger partial charge in [0.05, 0.1) is 12.2 Å². The summed E-state index contributed by atoms with van der Waals surface area (Å²) < 4.78 is 0. The molecule has 0 saturated heterocycles. The first-order chi connectivity index (χ1) is 7.66. The third-order valence-electron chi connectivity index (χ3n) is 2.12. The van der Waals surface area contributed by atoms with Gasteiger partial charge in [-0.15, -0.1) is 11.3 Å². The number of thiazole rings is 1. The molecular weight excluding hydrogens is 226 g/mol. The van der Waals surface area contributed by atoms with Crippen molar-refractivity contribution in [2.45, 2.75) is 13.0 Å². The Morgan fingerprint density at radius 3 is 3.06 bits per heavy atom. The van der Waals surface area contributed by atoms with E-state index in [4.69, 9.17) is 5.73 Å². The molecule has 0 bridgehead atoms. The summed E-state index contributed by atoms with van der Waals surface area (Å²) in [6, 6.07) is -0.117. The fourth-order valence-corrected chi connectivity index (χ4v) is 1.79. The molecule has 1 unspecified atom stereocenters. The van der Waals surface area contributed by atoms with Gasteiger partial charge in [-0.05, 0) is 6.92 Å². The van der Waals surface area contributed by atoms with Crippen LogP contribution in [0.3, 0.4) is 0 Å². The van der Waals surface area contributed by atoms with Gasteiger partial charge in [-0.25, -0.2) is 4.98 Å². The first kappa shape index (κ1) is 10.6. The highest BCUT2D eigenvalue weighted by Crippen LogP contribution is 2.13. The lowest BCUT2D eigenvalue weighted by Gasteiger charge is -2.10. The number of nitrogen functional groups attached to an aromatic ring is 1. The minimum atomic E-state index is -0.235. The number of aromatic nitrogens is 3. The fraction of sp³-hybridized carbons (Fsp3) is 0.222. The highest BCUT2D eigenvalue weighted by molar-refractivity contribution is 7.13. The van der Waals surface area contributed by atoms with Gasteiger partial charge in [-0.1, -0.05) is 0 Å². The number of anilines is 1. The Hall–Kier alpha value is -1.89. The van der Waals surface area contributed by atoms with Crippen molar-refractivity contribution < 1.29 is 4.79 Å². The van der Waals surface area contributed by atoms with Crippen LogP contribution in [0.1, 0.15) is 29.0 Å². The molecule has 1 amide bonds. The summed E-state index contributed by atoms with van der Waals surface area (Å²) >= 11 is 1.24. The number of H-pyrrole nitrogens is 1. The lowest BCUT2D eigenvalue weighted by Crippen LogP contribution is -2.26. The Balaban J connectivity index is 2.03. The minimum absolute atomic E-state index is 0.117. The standard InChI is InChI=1S/C9H11N5OS/c1-5(6-2-11-12-3-6)13-8(15)7-4-16-9(10)14-7/h2-5H,1H3,(H2,10,14)(H,11,12)(H,13,15). The molecule has 7 heteroatoms. The van der Waals surface area contributed by atoms with Gasteiger partial charge in [0.1, 0.15) is 5.69 Å². The predicted molar refractivity (Wildman–Crippen MR) is 61.0 cm³/mol. The predicted octanol–water partition coefficient (Wildman–Crippen LogP) is 0.939. The number of nitrogens with two attached hydrogens (primary N) is 1. The zero-order chi connectivity index (χ0) is 11.5. The van der Waals surface area contributed by atoms with E-state index in [-0.39, 0.29) is 11.9 Å². The van der Waals surface area contributed by atoms with E-state index >= 15 is 0 Å². The molecule has 2 heterocycles. The third-order valence-corrected chi connectivity index (χ3v) is 2.80. The number of carbonyl (C=O) groups is 1. The number of hydrogen-bond donors (Lipinski definition) is 3. The van der Waals surface area contributed by atoms with Crippen molar-refractivity contribution >= 4 is 22.4 Å². The molecule has 2 rings (SSSR count). The van der Waals surface area contributed by atoms with Crippen molar-refractivity contribution in [2.24, 2.45) is 0 Å². The van der Waals surface area contributed by atoms with Gasteiger partial charge < -0.3 is 11.1 Å². The van der Waals surface area contributed by atoms with Crippen molar-refractivity contribution in [1.29, 1.82) is 0 Å². The summed E-state index contributed by atoms with van der Waals surface area (Å²) in [4.78, 5) is 15.6. The second kappa shape index (κ2) is 4.31. The number of nitrogens with one attached hydrogen (secondary N) is 2. The number of nitrogens with zero attached hydrogens (tertiary/aromatic N) is 2. The highest BCUT2D eigenvalue weighted by atomic mass is 32.1. The van der Waals surface area contributed by atoms with E-state index in [9.17, 15) is 4.79 Å². The van der Waals surface area contributed by atoms with Crippen LogP contribution in [0.2, 0.25) is 0 Å². The van der Waals surface area contributed by atoms with Gasteiger partial charge >= 0.3 is 0 Å². The van der Waals surface area contributed by atoms with Gasteiger partial charge in [0.15, 0.2) is 5.13 Å². The van der Waals surface area contributed by atoms with E-state index in [0.717, 1.165) is 5.56 Å². The van der Waals surface area contributed by atoms with Crippen LogP contribution in [-0.4, -0.2) is 21.1 Å². The first-order valence-corrected chi connectivity index (χ1v) is 5.55. The van der Waals surface area contributed by atoms with Crippen molar-refractivity contribution in [2.75, 3.05) is 5.73 Å². The molecular formula is C9H11N5OS. The average Bonchev–Trinajstić information content (AvgIpc) is 2.87. The molecule has 2 aromatic rings. The van der Waals surface area contributed by atoms with E-state index < -0.39 is 0 Å². The van der Waals surface area contributed by atoms with Crippen molar-refractivity contribution in [3.8, 4) is 0 Å². The highest BCUT2D eigenvalue weighted by Gasteiger charge is 2.14. The lowest BCUT2D eigenvalue weighted by atomic mass is 10.2. The van der Waals surface area contributed by atoms with Crippen molar-refractivity contribution in [3.05, 3.63) is 29.0 Å². The zero-order valence-electron chi connectivity index (χ0n) is 8.60. The Labute approximate surface area is 95.9 Å². The van der Waals surface area contributed by atoms with Gasteiger partial charge in [-0.3, -0.25) is 9.89 Å². The average molecular weight is 237 g/mol. The second-order valence-corrected chi connectivity index (χ2v) is 4.19. The van der Waals surface area contributed by atoms with Gasteiger partial charge in [0, 0.05) is 17.1 Å². The molecule has 6 nitrogen and oxygen atoms in total. The van der Waals surface area contributed by atoms with Crippen LogP contribution < -0.4 is 11.1 Å². The van der Waals surface area contributed by atoms with Crippen LogP contribution in [0.5, 0.6) is 0 Å². The topological polar surface area (TPSA) is 96.7 Å². The largest absolute Gasteiger partial charge is 0.375 e. The first-order valence-electron chi connectivity index (χ1n) is 4.67. The number of aromatic amines is 1. The molecule has 1 atom stereocenters. The Morgan fingerprint density at radius 1 is 1.69 bits per heavy atom. The van der Waals surface area contributed by atoms with Crippen LogP contribution in [0, 0.1) is 0 Å². The lowest BCUT2D eigenvalue weighted by molar-refractivity contribution is 0.0935. The summed E-state index contributed by atoms with van der Waals surface area (Å²) in [5.74, 6) is -0.235. The van der Waals surface area contributed by atoms with Gasteiger partial charge in [0.25, 0.3) is 5.91 Å². The normalized spacial score (nSPS) is 12.3. The molecule has 16 heavy (non-hydrogen) atoms. The molecule has 84 valence electrons. The van der Waals surface area contributed by atoms with Crippen molar-refractivity contribution in [3.63, 3.8) is 0 Å². The molecule has 0 aliphatic heterocycles. The van der Waals surface area contributed by atoms with E-state index in [1.165, 1.54) is 11.3 Å². The molecule has 0 aliphatic carbocycles. The molecule has 0 radical (unpaired) electrons. The maximum absolute atomic E-state index is 11.7. The molecule has 4 N–H and O–H groups in total. The molecule has 2 aromatic heterocycles. The van der Waals surface area contributed by atoms with Crippen LogP contribution in [0.25, 0.3) is 0 Å². The number of carbonyl (C=O) groups excluding carboxylic acids is 1. The van der Waals surface area contributed by atoms with Crippen LogP contribution in [0.4, 0.5) is 5.13 Å². The van der Waals surface area contributed by atoms with Crippen LogP contribution >= 0.6 is 11.3 Å². The van der Waals surface area contributed by atoms with Crippen LogP contribution in [0.15, 0.2) is 17.8 Å². The van der Waals surface area contributed by atoms with Crippen molar-refractivity contribution in [1.82, 2.24) is 20.5 Å². The van der Waals surface area contributed by atoms with E-state index in [1.807, 2.05) is 6.92 Å². The number of hydrogen-bond acceptors (Lipinski definition) is 5. The maximum atomic E-state index is 11.7. The van der Waals surface area contributed by atoms with Gasteiger partial charge in [-0.2, -0.15) is 5.10 Å². The van der Waals surface area contributed by atoms with Crippen LogP contribution in [-0.2, 0) is 0 Å². The maximum Gasteiger partial charge on any atom is 0.271 e. The quantitative estimate of drug-likeness (QED) is 0.740. The molecule has 0 aliphatic rings. The summed E-state index contributed by atoms with van der Waals surface area (Å²) in [7, 11) is 0. The third kappa shape index (κ3) is 2.19. The monoisotopic (exact) mass is 237 g/mol. The summed E-state index contributed by atoms with van der Waals surface area (Å²) in [5.41, 5.74) is 6.71. The second-order valence-electron chi connectivity index (χ2n) is 3.30. The fourth-order valence-electron chi connectivity index (χ4n) is 1.24. The smallest absolute Gasteiger partial charge is 0.271 e. The molecule has 0 saturated carbocycles. The molecule has 0 aromatic carbocycles. The van der Waals surface area contributed by atoms with E-state index in [2.05, 4.69) is 20.5 Å². The minimum Gasteiger partial charge on any atom is -0.375 e. The Bertz CT molecular complexity index is 478. The number of rotatable bonds is 3. The summed E-state index contributed by atoms with van der Waals surface area (Å²) in [6.07, 6.45) is 3.40. The molecule has 0 spiro atoms. The SMILES string of the molecule is CC(NC(=O)c1csc(N)n1)c1cn[nH]c1. The number of amides is 1. The van der Waals surface area contributed by atoms with E-state index in [0.29, 0.717) is 10.8 Å². The molecule has 0 fully saturated rings. The van der Waals surface area contributed by atoms with E-state index in [1.54, 1.807) is 17.8 Å². The van der Waals surface area contributed by atoms with Gasteiger partial charge in [0.2, 0.25) is 0 Å². The Kier molecular flexibility index (Phi) is 2.86. The zero-order valence-corrected chi connectivity index (χ0v) is 9.41. The Morgan fingerprint density at radius 2 is 2.50 bits per heavy atom. The summed E-state index contributed by atoms with van der Waals surface area (Å²) in [5, 5.41) is 11.3.